The normalized spacial score (nSPS) is 23.5. The number of piperidine rings is 1. The molecule has 2 unspecified atom stereocenters. The first-order chi connectivity index (χ1) is 19.7. The van der Waals surface area contributed by atoms with Crippen molar-refractivity contribution in [3.05, 3.63) is 89.5 Å². The maximum atomic E-state index is 6.39. The van der Waals surface area contributed by atoms with Crippen LogP contribution in [0.25, 0.3) is 0 Å². The second-order valence-corrected chi connectivity index (χ2v) is 11.2. The highest BCUT2D eigenvalue weighted by Gasteiger charge is 2.34. The van der Waals surface area contributed by atoms with Crippen molar-refractivity contribution in [3.63, 3.8) is 0 Å². The molecule has 0 N–H and O–H groups in total. The Morgan fingerprint density at radius 3 is 2.30 bits per heavy atom. The number of methoxy groups -OCH3 is 2. The van der Waals surface area contributed by atoms with Crippen molar-refractivity contribution < 1.29 is 23.7 Å². The van der Waals surface area contributed by atoms with Gasteiger partial charge in [-0.3, -0.25) is 0 Å². The first kappa shape index (κ1) is 27.1. The van der Waals surface area contributed by atoms with Crippen molar-refractivity contribution in [1.82, 2.24) is 0 Å². The van der Waals surface area contributed by atoms with Crippen LogP contribution in [-0.2, 0) is 14.2 Å². The molecule has 6 heteroatoms. The van der Waals surface area contributed by atoms with Gasteiger partial charge in [-0.05, 0) is 55.0 Å². The Kier molecular flexibility index (Phi) is 8.57. The number of rotatable bonds is 8. The molecule has 0 bridgehead atoms. The van der Waals surface area contributed by atoms with E-state index in [2.05, 4.69) is 71.6 Å². The number of ether oxygens (including phenoxy) is 5. The summed E-state index contributed by atoms with van der Waals surface area (Å²) in [4.78, 5) is 2.48. The third kappa shape index (κ3) is 5.85. The molecule has 0 amide bonds. The molecule has 0 saturated carbocycles. The predicted molar refractivity (Wildman–Crippen MR) is 156 cm³/mol. The van der Waals surface area contributed by atoms with Crippen LogP contribution in [0, 0.1) is 5.92 Å². The van der Waals surface area contributed by atoms with E-state index in [0.29, 0.717) is 12.5 Å². The Bertz CT molecular complexity index is 1210. The second kappa shape index (κ2) is 12.6. The first-order valence-electron chi connectivity index (χ1n) is 14.7. The zero-order valence-electron chi connectivity index (χ0n) is 23.7. The Labute approximate surface area is 238 Å². The van der Waals surface area contributed by atoms with E-state index in [1.807, 2.05) is 6.07 Å². The monoisotopic (exact) mass is 543 g/mol. The van der Waals surface area contributed by atoms with E-state index in [1.165, 1.54) is 22.4 Å². The molecule has 3 aliphatic rings. The van der Waals surface area contributed by atoms with E-state index >= 15 is 0 Å². The third-order valence-corrected chi connectivity index (χ3v) is 8.78. The summed E-state index contributed by atoms with van der Waals surface area (Å²) in [5.74, 6) is 2.57. The predicted octanol–water partition coefficient (Wildman–Crippen LogP) is 6.74. The lowest BCUT2D eigenvalue weighted by atomic mass is 9.76. The average Bonchev–Trinajstić information content (AvgIpc) is 3.02. The number of hydrogen-bond acceptors (Lipinski definition) is 6. The molecule has 6 nitrogen and oxygen atoms in total. The summed E-state index contributed by atoms with van der Waals surface area (Å²) in [6.45, 7) is 3.41. The molecule has 2 saturated heterocycles. The fraction of sp³-hybridized carbons (Fsp3) is 0.471. The molecule has 0 radical (unpaired) electrons. The van der Waals surface area contributed by atoms with Crippen LogP contribution in [0.15, 0.2) is 72.8 Å². The summed E-state index contributed by atoms with van der Waals surface area (Å²) < 4.78 is 29.4. The van der Waals surface area contributed by atoms with Crippen molar-refractivity contribution in [3.8, 4) is 11.5 Å². The molecule has 2 fully saturated rings. The number of nitrogens with zero attached hydrogens (tertiary/aromatic N) is 1. The molecular weight excluding hydrogens is 502 g/mol. The molecule has 3 heterocycles. The third-order valence-electron chi connectivity index (χ3n) is 8.78. The standard InChI is InChI=1S/C34H41NO5/c1-36-34(37-2)26-17-19-35(20-18-26)27-13-11-25(12-14-27)33-29-16-15-28(40-32-10-6-7-21-38-32)22-31(29)39-23-30(33)24-8-4-3-5-9-24/h3-5,8-9,11-16,22,26,30,32-34H,6-7,10,17-21,23H2,1-2H3/t30-,32?,33?/m1/s1. The summed E-state index contributed by atoms with van der Waals surface area (Å²) in [5, 5.41) is 0. The van der Waals surface area contributed by atoms with Crippen molar-refractivity contribution >= 4 is 5.69 Å². The lowest BCUT2D eigenvalue weighted by Gasteiger charge is -2.37. The summed E-state index contributed by atoms with van der Waals surface area (Å²) in [7, 11) is 3.46. The maximum Gasteiger partial charge on any atom is 0.199 e. The fourth-order valence-electron chi connectivity index (χ4n) is 6.62. The van der Waals surface area contributed by atoms with Gasteiger partial charge in [0, 0.05) is 68.8 Å². The highest BCUT2D eigenvalue weighted by Crippen LogP contribution is 2.47. The van der Waals surface area contributed by atoms with Gasteiger partial charge in [0.2, 0.25) is 0 Å². The fourth-order valence-corrected chi connectivity index (χ4v) is 6.62. The minimum absolute atomic E-state index is 0.117. The van der Waals surface area contributed by atoms with E-state index in [1.54, 1.807) is 14.2 Å². The zero-order chi connectivity index (χ0) is 27.3. The lowest BCUT2D eigenvalue weighted by Crippen LogP contribution is -2.39. The van der Waals surface area contributed by atoms with Gasteiger partial charge in [-0.1, -0.05) is 48.5 Å². The Morgan fingerprint density at radius 1 is 0.825 bits per heavy atom. The highest BCUT2D eigenvalue weighted by molar-refractivity contribution is 5.54. The number of benzene rings is 3. The molecule has 212 valence electrons. The largest absolute Gasteiger partial charge is 0.492 e. The van der Waals surface area contributed by atoms with Gasteiger partial charge in [0.05, 0.1) is 13.2 Å². The van der Waals surface area contributed by atoms with Gasteiger partial charge in [0.15, 0.2) is 12.6 Å². The molecule has 3 aromatic rings. The van der Waals surface area contributed by atoms with Crippen molar-refractivity contribution in [2.24, 2.45) is 5.92 Å². The van der Waals surface area contributed by atoms with E-state index in [9.17, 15) is 0 Å². The van der Waals surface area contributed by atoms with Gasteiger partial charge < -0.3 is 28.6 Å². The molecule has 0 spiro atoms. The zero-order valence-corrected chi connectivity index (χ0v) is 23.7. The van der Waals surface area contributed by atoms with E-state index in [4.69, 9.17) is 23.7 Å². The van der Waals surface area contributed by atoms with Crippen LogP contribution < -0.4 is 14.4 Å². The van der Waals surface area contributed by atoms with E-state index < -0.39 is 0 Å². The SMILES string of the molecule is COC(OC)C1CCN(c2ccc(C3c4ccc(OC5CCCCO5)cc4OC[C@@H]3c3ccccc3)cc2)CC1. The number of fused-ring (bicyclic) bond motifs is 1. The Hall–Kier alpha value is -3.06. The second-order valence-electron chi connectivity index (χ2n) is 11.2. The topological polar surface area (TPSA) is 49.4 Å². The Morgan fingerprint density at radius 2 is 1.60 bits per heavy atom. The van der Waals surface area contributed by atoms with Crippen LogP contribution in [0.4, 0.5) is 5.69 Å². The smallest absolute Gasteiger partial charge is 0.199 e. The van der Waals surface area contributed by atoms with Crippen molar-refractivity contribution in [2.45, 2.75) is 56.5 Å². The van der Waals surface area contributed by atoms with Crippen LogP contribution in [0.1, 0.15) is 60.6 Å². The molecule has 3 atom stereocenters. The average molecular weight is 544 g/mol. The minimum Gasteiger partial charge on any atom is -0.492 e. The molecule has 0 aliphatic carbocycles. The maximum absolute atomic E-state index is 6.39. The van der Waals surface area contributed by atoms with Crippen LogP contribution >= 0.6 is 0 Å². The Balaban J connectivity index is 1.24. The van der Waals surface area contributed by atoms with Crippen LogP contribution in [-0.4, -0.2) is 53.1 Å². The van der Waals surface area contributed by atoms with Gasteiger partial charge in [0.1, 0.15) is 11.5 Å². The van der Waals surface area contributed by atoms with Gasteiger partial charge >= 0.3 is 0 Å². The van der Waals surface area contributed by atoms with Gasteiger partial charge in [0.25, 0.3) is 0 Å². The molecule has 40 heavy (non-hydrogen) atoms. The van der Waals surface area contributed by atoms with Crippen LogP contribution in [0.5, 0.6) is 11.5 Å². The molecule has 3 aliphatic heterocycles. The van der Waals surface area contributed by atoms with Gasteiger partial charge in [-0.2, -0.15) is 0 Å². The number of hydrogen-bond donors (Lipinski definition) is 0. The lowest BCUT2D eigenvalue weighted by molar-refractivity contribution is -0.141. The summed E-state index contributed by atoms with van der Waals surface area (Å²) in [6.07, 6.45) is 5.02. The van der Waals surface area contributed by atoms with Crippen molar-refractivity contribution in [2.75, 3.05) is 45.4 Å². The van der Waals surface area contributed by atoms with Crippen molar-refractivity contribution in [1.29, 1.82) is 0 Å². The molecule has 3 aromatic carbocycles. The van der Waals surface area contributed by atoms with Gasteiger partial charge in [-0.25, -0.2) is 0 Å². The molecule has 0 aromatic heterocycles. The summed E-state index contributed by atoms with van der Waals surface area (Å²) in [6, 6.07) is 26.3. The van der Waals surface area contributed by atoms with E-state index in [0.717, 1.165) is 63.3 Å². The number of anilines is 1. The van der Waals surface area contributed by atoms with Gasteiger partial charge in [-0.15, -0.1) is 0 Å². The highest BCUT2D eigenvalue weighted by atomic mass is 16.7. The minimum atomic E-state index is -0.171. The molecular formula is C34H41NO5. The quantitative estimate of drug-likeness (QED) is 0.294. The summed E-state index contributed by atoms with van der Waals surface area (Å²) in [5.41, 5.74) is 5.08. The molecule has 6 rings (SSSR count). The summed E-state index contributed by atoms with van der Waals surface area (Å²) >= 11 is 0. The first-order valence-corrected chi connectivity index (χ1v) is 14.7. The van der Waals surface area contributed by atoms with Crippen LogP contribution in [0.2, 0.25) is 0 Å². The van der Waals surface area contributed by atoms with E-state index in [-0.39, 0.29) is 24.4 Å². The van der Waals surface area contributed by atoms with Crippen LogP contribution in [0.3, 0.4) is 0 Å².